The number of rotatable bonds is 11. The van der Waals surface area contributed by atoms with Gasteiger partial charge in [-0.15, -0.1) is 0 Å². The van der Waals surface area contributed by atoms with Crippen molar-refractivity contribution in [3.8, 4) is 5.75 Å². The van der Waals surface area contributed by atoms with Crippen LogP contribution in [0.4, 0.5) is 5.69 Å². The summed E-state index contributed by atoms with van der Waals surface area (Å²) in [4.78, 5) is 17.7. The summed E-state index contributed by atoms with van der Waals surface area (Å²) in [6, 6.07) is 22.1. The summed E-state index contributed by atoms with van der Waals surface area (Å²) in [5.41, 5.74) is 4.53. The van der Waals surface area contributed by atoms with Gasteiger partial charge in [0.15, 0.2) is 0 Å². The number of hydrogen-bond acceptors (Lipinski definition) is 4. The number of piperidine rings is 1. The van der Waals surface area contributed by atoms with Crippen molar-refractivity contribution in [1.29, 1.82) is 0 Å². The zero-order chi connectivity index (χ0) is 31.4. The van der Waals surface area contributed by atoms with Crippen LogP contribution in [-0.2, 0) is 27.6 Å². The standard InChI is InChI=1S/C35H43Cl2N3O3S/c1-25(2)43-29-9-7-8-26(20-29)21-34(41)38(3)23-28(27-12-13-31(36)32(37)22-27)14-17-39-18-15-35(16-19-39)24-40(44(4)42)33-11-6-5-10-30(33)35/h5-13,20,22,25,28H,14-19,21,23-24H2,1-4H3. The van der Waals surface area contributed by atoms with Crippen LogP contribution < -0.4 is 9.04 Å². The number of fused-ring (bicyclic) bond motifs is 2. The molecule has 236 valence electrons. The Labute approximate surface area is 274 Å². The molecule has 2 aliphatic rings. The predicted molar refractivity (Wildman–Crippen MR) is 183 cm³/mol. The lowest BCUT2D eigenvalue weighted by atomic mass is 9.74. The zero-order valence-corrected chi connectivity index (χ0v) is 28.4. The molecule has 2 aliphatic heterocycles. The number of para-hydroxylation sites is 1. The van der Waals surface area contributed by atoms with Crippen molar-refractivity contribution in [1.82, 2.24) is 9.80 Å². The summed E-state index contributed by atoms with van der Waals surface area (Å²) in [7, 11) is 0.843. The molecule has 0 radical (unpaired) electrons. The highest BCUT2D eigenvalue weighted by Crippen LogP contribution is 2.47. The number of hydrogen-bond donors (Lipinski definition) is 0. The Kier molecular flexibility index (Phi) is 10.6. The maximum absolute atomic E-state index is 13.4. The second kappa shape index (κ2) is 14.2. The Bertz CT molecular complexity index is 1490. The minimum absolute atomic E-state index is 0.0476. The minimum atomic E-state index is -1.04. The van der Waals surface area contributed by atoms with E-state index in [0.717, 1.165) is 68.0 Å². The lowest BCUT2D eigenvalue weighted by molar-refractivity contribution is -0.129. The van der Waals surface area contributed by atoms with Gasteiger partial charge in [0, 0.05) is 37.7 Å². The van der Waals surface area contributed by atoms with E-state index in [1.165, 1.54) is 5.56 Å². The molecular formula is C35H43Cl2N3O3S. The molecule has 1 spiro atoms. The summed E-state index contributed by atoms with van der Waals surface area (Å²) in [5, 5.41) is 1.06. The first-order valence-corrected chi connectivity index (χ1v) is 17.7. The predicted octanol–water partition coefficient (Wildman–Crippen LogP) is 7.10. The highest BCUT2D eigenvalue weighted by molar-refractivity contribution is 7.85. The number of halogens is 2. The molecular weight excluding hydrogens is 613 g/mol. The van der Waals surface area contributed by atoms with Crippen molar-refractivity contribution < 1.29 is 13.7 Å². The first-order chi connectivity index (χ1) is 21.0. The average molecular weight is 657 g/mol. The molecule has 9 heteroatoms. The molecule has 3 aromatic rings. The second-order valence-corrected chi connectivity index (χ2v) is 14.6. The van der Waals surface area contributed by atoms with Gasteiger partial charge in [-0.05, 0) is 99.8 Å². The summed E-state index contributed by atoms with van der Waals surface area (Å²) >= 11 is 12.7. The van der Waals surface area contributed by atoms with E-state index in [-0.39, 0.29) is 23.3 Å². The number of anilines is 1. The van der Waals surface area contributed by atoms with Gasteiger partial charge in [0.05, 0.1) is 28.3 Å². The van der Waals surface area contributed by atoms with Gasteiger partial charge in [0.25, 0.3) is 0 Å². The first kappa shape index (κ1) is 32.8. The number of benzene rings is 3. The molecule has 3 aromatic carbocycles. The Balaban J connectivity index is 1.24. The Hall–Kier alpha value is -2.58. The van der Waals surface area contributed by atoms with Crippen molar-refractivity contribution in [3.05, 3.63) is 93.5 Å². The van der Waals surface area contributed by atoms with Gasteiger partial charge >= 0.3 is 0 Å². The molecule has 0 saturated carbocycles. The fourth-order valence-electron chi connectivity index (χ4n) is 6.66. The quantitative estimate of drug-likeness (QED) is 0.221. The molecule has 1 saturated heterocycles. The topological polar surface area (TPSA) is 53.1 Å². The summed E-state index contributed by atoms with van der Waals surface area (Å²) in [5.74, 6) is 0.951. The molecule has 6 nitrogen and oxygen atoms in total. The maximum atomic E-state index is 13.4. The van der Waals surface area contributed by atoms with Crippen LogP contribution in [0.25, 0.3) is 0 Å². The molecule has 1 amide bonds. The fourth-order valence-corrected chi connectivity index (χ4v) is 7.83. The van der Waals surface area contributed by atoms with Crippen molar-refractivity contribution in [2.45, 2.75) is 57.0 Å². The number of likely N-dealkylation sites (tertiary alicyclic amines) is 1. The largest absolute Gasteiger partial charge is 0.491 e. The highest BCUT2D eigenvalue weighted by Gasteiger charge is 2.45. The molecule has 5 rings (SSSR count). The van der Waals surface area contributed by atoms with Crippen molar-refractivity contribution >= 4 is 45.8 Å². The molecule has 44 heavy (non-hydrogen) atoms. The number of likely N-dealkylation sites (N-methyl/N-ethyl adjacent to an activating group) is 1. The molecule has 0 aliphatic carbocycles. The van der Waals surface area contributed by atoms with Crippen LogP contribution in [0.15, 0.2) is 66.7 Å². The molecule has 0 bridgehead atoms. The fraction of sp³-hybridized carbons (Fsp3) is 0.457. The molecule has 2 atom stereocenters. The number of ether oxygens (including phenoxy) is 1. The summed E-state index contributed by atoms with van der Waals surface area (Å²) in [6.07, 6.45) is 5.12. The van der Waals surface area contributed by atoms with Gasteiger partial charge < -0.3 is 14.5 Å². The van der Waals surface area contributed by atoms with Crippen molar-refractivity contribution in [2.24, 2.45) is 0 Å². The van der Waals surface area contributed by atoms with Gasteiger partial charge in [0.1, 0.15) is 16.7 Å². The maximum Gasteiger partial charge on any atom is 0.226 e. The van der Waals surface area contributed by atoms with E-state index in [1.54, 1.807) is 6.26 Å². The van der Waals surface area contributed by atoms with E-state index in [9.17, 15) is 9.00 Å². The molecule has 0 N–H and O–H groups in total. The van der Waals surface area contributed by atoms with Gasteiger partial charge in [-0.3, -0.25) is 9.10 Å². The smallest absolute Gasteiger partial charge is 0.226 e. The molecule has 1 fully saturated rings. The third-order valence-corrected chi connectivity index (χ3v) is 10.8. The minimum Gasteiger partial charge on any atom is -0.491 e. The van der Waals surface area contributed by atoms with Gasteiger partial charge in [-0.25, -0.2) is 4.21 Å². The molecule has 2 unspecified atom stereocenters. The average Bonchev–Trinajstić information content (AvgIpc) is 3.31. The summed E-state index contributed by atoms with van der Waals surface area (Å²) in [6.45, 7) is 8.27. The number of carbonyl (C=O) groups excluding carboxylic acids is 1. The van der Waals surface area contributed by atoms with E-state index in [2.05, 4.69) is 27.4 Å². The van der Waals surface area contributed by atoms with E-state index in [1.807, 2.05) is 74.3 Å². The Morgan fingerprint density at radius 1 is 1.02 bits per heavy atom. The normalized spacial score (nSPS) is 17.5. The van der Waals surface area contributed by atoms with Crippen LogP contribution in [0.1, 0.15) is 55.7 Å². The van der Waals surface area contributed by atoms with Crippen LogP contribution in [-0.4, -0.2) is 72.0 Å². The third kappa shape index (κ3) is 7.61. The van der Waals surface area contributed by atoms with Gasteiger partial charge in [0.2, 0.25) is 5.91 Å². The van der Waals surface area contributed by atoms with Crippen molar-refractivity contribution in [3.63, 3.8) is 0 Å². The number of amides is 1. The van der Waals surface area contributed by atoms with Crippen LogP contribution >= 0.6 is 23.2 Å². The molecule has 2 heterocycles. The first-order valence-electron chi connectivity index (χ1n) is 15.4. The van der Waals surface area contributed by atoms with E-state index in [0.29, 0.717) is 23.0 Å². The van der Waals surface area contributed by atoms with Gasteiger partial charge in [-0.1, -0.05) is 59.6 Å². The van der Waals surface area contributed by atoms with Crippen LogP contribution in [0.5, 0.6) is 5.75 Å². The summed E-state index contributed by atoms with van der Waals surface area (Å²) < 4.78 is 20.4. The Morgan fingerprint density at radius 2 is 1.77 bits per heavy atom. The SMILES string of the molecule is CC(C)Oc1cccc(CC(=O)N(C)CC(CCN2CCC3(CC2)CN(S(C)=O)c2ccccc23)c2ccc(Cl)c(Cl)c2)c1. The van der Waals surface area contributed by atoms with Gasteiger partial charge in [-0.2, -0.15) is 0 Å². The lowest BCUT2D eigenvalue weighted by Crippen LogP contribution is -2.46. The highest BCUT2D eigenvalue weighted by atomic mass is 35.5. The lowest BCUT2D eigenvalue weighted by Gasteiger charge is -2.40. The molecule has 0 aromatic heterocycles. The number of nitrogens with zero attached hydrogens (tertiary/aromatic N) is 3. The monoisotopic (exact) mass is 655 g/mol. The van der Waals surface area contributed by atoms with Crippen LogP contribution in [0.3, 0.4) is 0 Å². The van der Waals surface area contributed by atoms with Crippen LogP contribution in [0, 0.1) is 0 Å². The number of carbonyl (C=O) groups is 1. The van der Waals surface area contributed by atoms with E-state index < -0.39 is 11.0 Å². The Morgan fingerprint density at radius 3 is 2.48 bits per heavy atom. The second-order valence-electron chi connectivity index (χ2n) is 12.5. The zero-order valence-electron chi connectivity index (χ0n) is 26.1. The van der Waals surface area contributed by atoms with E-state index >= 15 is 0 Å². The van der Waals surface area contributed by atoms with Crippen LogP contribution in [0.2, 0.25) is 10.0 Å². The van der Waals surface area contributed by atoms with Crippen molar-refractivity contribution in [2.75, 3.05) is 50.3 Å². The third-order valence-electron chi connectivity index (χ3n) is 9.07. The van der Waals surface area contributed by atoms with E-state index in [4.69, 9.17) is 27.9 Å².